The molecule has 0 aliphatic rings. The summed E-state index contributed by atoms with van der Waals surface area (Å²) in [5.74, 6) is 0. The number of halogens is 1. The van der Waals surface area contributed by atoms with Crippen molar-refractivity contribution in [1.29, 1.82) is 0 Å². The normalized spacial score (nSPS) is 10.8. The van der Waals surface area contributed by atoms with Gasteiger partial charge in [0.25, 0.3) is 0 Å². The first-order chi connectivity index (χ1) is 8.70. The van der Waals surface area contributed by atoms with Gasteiger partial charge in [-0.05, 0) is 37.6 Å². The van der Waals surface area contributed by atoms with Crippen molar-refractivity contribution in [2.24, 2.45) is 0 Å². The monoisotopic (exact) mass is 263 g/mol. The SMILES string of the molecule is CCCNCc1cn(-c2cc(C)ccc2Cl)cn1. The fourth-order valence-electron chi connectivity index (χ4n) is 1.80. The number of hydrogen-bond acceptors (Lipinski definition) is 2. The van der Waals surface area contributed by atoms with Crippen LogP contribution in [0.4, 0.5) is 0 Å². The maximum Gasteiger partial charge on any atom is 0.0996 e. The highest BCUT2D eigenvalue weighted by atomic mass is 35.5. The van der Waals surface area contributed by atoms with Crippen LogP contribution < -0.4 is 5.32 Å². The number of nitrogens with one attached hydrogen (secondary N) is 1. The number of imidazole rings is 1. The van der Waals surface area contributed by atoms with Crippen molar-refractivity contribution in [2.45, 2.75) is 26.8 Å². The van der Waals surface area contributed by atoms with Gasteiger partial charge in [-0.1, -0.05) is 24.6 Å². The third kappa shape index (κ3) is 3.12. The van der Waals surface area contributed by atoms with E-state index in [1.165, 1.54) is 5.56 Å². The van der Waals surface area contributed by atoms with Crippen LogP contribution in [0.5, 0.6) is 0 Å². The molecule has 1 heterocycles. The molecule has 0 fully saturated rings. The second kappa shape index (κ2) is 6.03. The summed E-state index contributed by atoms with van der Waals surface area (Å²) in [6.45, 7) is 6.01. The van der Waals surface area contributed by atoms with E-state index < -0.39 is 0 Å². The van der Waals surface area contributed by atoms with Crippen molar-refractivity contribution in [1.82, 2.24) is 14.9 Å². The molecule has 0 unspecified atom stereocenters. The predicted molar refractivity (Wildman–Crippen MR) is 75.3 cm³/mol. The molecule has 18 heavy (non-hydrogen) atoms. The van der Waals surface area contributed by atoms with Gasteiger partial charge in [0.15, 0.2) is 0 Å². The lowest BCUT2D eigenvalue weighted by atomic mass is 10.2. The summed E-state index contributed by atoms with van der Waals surface area (Å²) in [5, 5.41) is 4.08. The average molecular weight is 264 g/mol. The first-order valence-electron chi connectivity index (χ1n) is 6.21. The smallest absolute Gasteiger partial charge is 0.0996 e. The summed E-state index contributed by atoms with van der Waals surface area (Å²) < 4.78 is 1.97. The Hall–Kier alpha value is -1.32. The lowest BCUT2D eigenvalue weighted by Gasteiger charge is -2.05. The molecule has 0 amide bonds. The molecular weight excluding hydrogens is 246 g/mol. The Bertz CT molecular complexity index is 520. The molecule has 1 aromatic carbocycles. The fraction of sp³-hybridized carbons (Fsp3) is 0.357. The molecule has 96 valence electrons. The number of benzene rings is 1. The Morgan fingerprint density at radius 1 is 1.39 bits per heavy atom. The Labute approximate surface area is 113 Å². The minimum absolute atomic E-state index is 0.742. The zero-order valence-corrected chi connectivity index (χ0v) is 11.5. The number of aryl methyl sites for hydroxylation is 1. The van der Waals surface area contributed by atoms with Crippen molar-refractivity contribution in [3.8, 4) is 5.69 Å². The molecule has 0 bridgehead atoms. The van der Waals surface area contributed by atoms with Crippen molar-refractivity contribution >= 4 is 11.6 Å². The molecule has 2 rings (SSSR count). The summed E-state index contributed by atoms with van der Waals surface area (Å²) in [6, 6.07) is 5.99. The first kappa shape index (κ1) is 13.1. The molecule has 4 heteroatoms. The highest BCUT2D eigenvalue weighted by Crippen LogP contribution is 2.21. The fourth-order valence-corrected chi connectivity index (χ4v) is 2.02. The minimum Gasteiger partial charge on any atom is -0.311 e. The zero-order chi connectivity index (χ0) is 13.0. The van der Waals surface area contributed by atoms with Gasteiger partial charge in [-0.15, -0.1) is 0 Å². The van der Waals surface area contributed by atoms with Crippen molar-refractivity contribution in [3.63, 3.8) is 0 Å². The van der Waals surface area contributed by atoms with Gasteiger partial charge in [0.1, 0.15) is 0 Å². The van der Waals surface area contributed by atoms with Crippen molar-refractivity contribution in [2.75, 3.05) is 6.54 Å². The summed E-state index contributed by atoms with van der Waals surface area (Å²) in [5.41, 5.74) is 3.20. The standard InChI is InChI=1S/C14H18ClN3/c1-3-6-16-8-12-9-18(10-17-12)14-7-11(2)4-5-13(14)15/h4-5,7,9-10,16H,3,6,8H2,1-2H3. The van der Waals surface area contributed by atoms with Crippen LogP contribution in [0.3, 0.4) is 0 Å². The molecule has 3 nitrogen and oxygen atoms in total. The molecule has 1 aromatic heterocycles. The van der Waals surface area contributed by atoms with Crippen LogP contribution in [0.2, 0.25) is 5.02 Å². The summed E-state index contributed by atoms with van der Waals surface area (Å²) in [7, 11) is 0. The lowest BCUT2D eigenvalue weighted by molar-refractivity contribution is 0.666. The summed E-state index contributed by atoms with van der Waals surface area (Å²) >= 11 is 6.20. The molecule has 0 atom stereocenters. The summed E-state index contributed by atoms with van der Waals surface area (Å²) in [6.07, 6.45) is 4.96. The molecule has 0 aliphatic heterocycles. The Morgan fingerprint density at radius 3 is 3.00 bits per heavy atom. The second-order valence-corrected chi connectivity index (χ2v) is 4.81. The number of rotatable bonds is 5. The van der Waals surface area contributed by atoms with Crippen molar-refractivity contribution < 1.29 is 0 Å². The number of nitrogens with zero attached hydrogens (tertiary/aromatic N) is 2. The van der Waals surface area contributed by atoms with Crippen LogP contribution in [-0.4, -0.2) is 16.1 Å². The topological polar surface area (TPSA) is 29.9 Å². The van der Waals surface area contributed by atoms with Crippen LogP contribution in [0.15, 0.2) is 30.7 Å². The van der Waals surface area contributed by atoms with Crippen LogP contribution in [-0.2, 0) is 6.54 Å². The first-order valence-corrected chi connectivity index (χ1v) is 6.58. The van der Waals surface area contributed by atoms with E-state index in [1.807, 2.05) is 29.2 Å². The van der Waals surface area contributed by atoms with Gasteiger partial charge < -0.3 is 9.88 Å². The van der Waals surface area contributed by atoms with Gasteiger partial charge in [-0.3, -0.25) is 0 Å². The van der Waals surface area contributed by atoms with E-state index in [4.69, 9.17) is 11.6 Å². The minimum atomic E-state index is 0.742. The quantitative estimate of drug-likeness (QED) is 0.839. The van der Waals surface area contributed by atoms with Crippen LogP contribution in [0.25, 0.3) is 5.69 Å². The summed E-state index contributed by atoms with van der Waals surface area (Å²) in [4.78, 5) is 4.38. The van der Waals surface area contributed by atoms with Gasteiger partial charge in [0.05, 0.1) is 22.7 Å². The van der Waals surface area contributed by atoms with E-state index in [0.29, 0.717) is 0 Å². The largest absolute Gasteiger partial charge is 0.311 e. The molecule has 0 saturated carbocycles. The molecule has 1 N–H and O–H groups in total. The van der Waals surface area contributed by atoms with Gasteiger partial charge in [-0.25, -0.2) is 4.98 Å². The van der Waals surface area contributed by atoms with Crippen LogP contribution in [0, 0.1) is 6.92 Å². The van der Waals surface area contributed by atoms with Crippen LogP contribution in [0.1, 0.15) is 24.6 Å². The average Bonchev–Trinajstić information content (AvgIpc) is 2.81. The zero-order valence-electron chi connectivity index (χ0n) is 10.8. The van der Waals surface area contributed by atoms with Gasteiger partial charge in [0.2, 0.25) is 0 Å². The third-order valence-corrected chi connectivity index (χ3v) is 3.07. The highest BCUT2D eigenvalue weighted by Gasteiger charge is 2.05. The maximum atomic E-state index is 6.20. The van der Waals surface area contributed by atoms with E-state index >= 15 is 0 Å². The molecule has 0 aliphatic carbocycles. The van der Waals surface area contributed by atoms with Gasteiger partial charge >= 0.3 is 0 Å². The van der Waals surface area contributed by atoms with Gasteiger partial charge in [-0.2, -0.15) is 0 Å². The van der Waals surface area contributed by atoms with E-state index in [9.17, 15) is 0 Å². The molecular formula is C14H18ClN3. The Kier molecular flexibility index (Phi) is 4.39. The maximum absolute atomic E-state index is 6.20. The molecule has 0 saturated heterocycles. The lowest BCUT2D eigenvalue weighted by Crippen LogP contribution is -2.13. The van der Waals surface area contributed by atoms with E-state index in [2.05, 4.69) is 30.2 Å². The third-order valence-electron chi connectivity index (χ3n) is 2.75. The molecule has 0 spiro atoms. The molecule has 2 aromatic rings. The number of hydrogen-bond donors (Lipinski definition) is 1. The van der Waals surface area contributed by atoms with Gasteiger partial charge in [0, 0.05) is 12.7 Å². The van der Waals surface area contributed by atoms with Crippen molar-refractivity contribution in [3.05, 3.63) is 47.0 Å². The Morgan fingerprint density at radius 2 is 2.22 bits per heavy atom. The predicted octanol–water partition coefficient (Wildman–Crippen LogP) is 3.33. The number of aromatic nitrogens is 2. The Balaban J connectivity index is 2.16. The second-order valence-electron chi connectivity index (χ2n) is 4.40. The van der Waals surface area contributed by atoms with E-state index in [0.717, 1.165) is 35.9 Å². The highest BCUT2D eigenvalue weighted by molar-refractivity contribution is 6.32. The molecule has 0 radical (unpaired) electrons. The van der Waals surface area contributed by atoms with E-state index in [-0.39, 0.29) is 0 Å². The van der Waals surface area contributed by atoms with Crippen LogP contribution >= 0.6 is 11.6 Å². The van der Waals surface area contributed by atoms with E-state index in [1.54, 1.807) is 0 Å².